The summed E-state index contributed by atoms with van der Waals surface area (Å²) in [6.45, 7) is 4.49. The molecule has 0 fully saturated rings. The van der Waals surface area contributed by atoms with Crippen molar-refractivity contribution in [2.75, 3.05) is 0 Å². The SMILES string of the molecule is Cc1ccc(C(C)CCC(c2ccccc2)c2ccccc2)cc1. The molecule has 0 saturated heterocycles. The minimum Gasteiger partial charge on any atom is -0.0622 e. The van der Waals surface area contributed by atoms with E-state index in [2.05, 4.69) is 98.8 Å². The molecule has 0 saturated carbocycles. The molecule has 0 spiro atoms. The number of aryl methyl sites for hydroxylation is 1. The molecule has 1 atom stereocenters. The molecule has 0 N–H and O–H groups in total. The average molecular weight is 314 g/mol. The summed E-state index contributed by atoms with van der Waals surface area (Å²) in [6, 6.07) is 30.8. The molecule has 3 aromatic carbocycles. The van der Waals surface area contributed by atoms with Crippen LogP contribution in [0.25, 0.3) is 0 Å². The van der Waals surface area contributed by atoms with Crippen molar-refractivity contribution in [3.8, 4) is 0 Å². The van der Waals surface area contributed by atoms with Crippen molar-refractivity contribution in [2.24, 2.45) is 0 Å². The molecule has 0 heteroatoms. The van der Waals surface area contributed by atoms with Crippen LogP contribution in [0.3, 0.4) is 0 Å². The van der Waals surface area contributed by atoms with Crippen molar-refractivity contribution in [3.63, 3.8) is 0 Å². The van der Waals surface area contributed by atoms with Gasteiger partial charge in [0.1, 0.15) is 0 Å². The van der Waals surface area contributed by atoms with Gasteiger partial charge in [0, 0.05) is 5.92 Å². The van der Waals surface area contributed by atoms with Gasteiger partial charge in [0.2, 0.25) is 0 Å². The fourth-order valence-electron chi connectivity index (χ4n) is 3.37. The van der Waals surface area contributed by atoms with E-state index in [1.807, 2.05) is 0 Å². The van der Waals surface area contributed by atoms with Crippen LogP contribution >= 0.6 is 0 Å². The van der Waals surface area contributed by atoms with Crippen molar-refractivity contribution in [2.45, 2.75) is 38.5 Å². The Bertz CT molecular complexity index is 687. The first-order chi connectivity index (χ1) is 11.7. The highest BCUT2D eigenvalue weighted by molar-refractivity contribution is 5.32. The third-order valence-corrected chi connectivity index (χ3v) is 4.94. The van der Waals surface area contributed by atoms with Crippen molar-refractivity contribution in [1.82, 2.24) is 0 Å². The summed E-state index contributed by atoms with van der Waals surface area (Å²) >= 11 is 0. The van der Waals surface area contributed by atoms with Gasteiger partial charge in [0.25, 0.3) is 0 Å². The summed E-state index contributed by atoms with van der Waals surface area (Å²) in [5.74, 6) is 1.06. The third kappa shape index (κ3) is 4.14. The predicted molar refractivity (Wildman–Crippen MR) is 104 cm³/mol. The maximum Gasteiger partial charge on any atom is 0.00895 e. The van der Waals surface area contributed by atoms with E-state index >= 15 is 0 Å². The van der Waals surface area contributed by atoms with E-state index in [4.69, 9.17) is 0 Å². The zero-order valence-corrected chi connectivity index (χ0v) is 14.7. The van der Waals surface area contributed by atoms with E-state index in [1.165, 1.54) is 35.1 Å². The zero-order chi connectivity index (χ0) is 16.8. The Labute approximate surface area is 146 Å². The highest BCUT2D eigenvalue weighted by Crippen LogP contribution is 2.32. The Morgan fingerprint density at radius 2 is 1.08 bits per heavy atom. The molecule has 122 valence electrons. The van der Waals surface area contributed by atoms with Crippen LogP contribution in [0.1, 0.15) is 53.9 Å². The first kappa shape index (κ1) is 16.5. The predicted octanol–water partition coefficient (Wildman–Crippen LogP) is 6.71. The lowest BCUT2D eigenvalue weighted by molar-refractivity contribution is 0.591. The van der Waals surface area contributed by atoms with E-state index in [0.29, 0.717) is 11.8 Å². The Kier molecular flexibility index (Phi) is 5.48. The summed E-state index contributed by atoms with van der Waals surface area (Å²) in [4.78, 5) is 0. The lowest BCUT2D eigenvalue weighted by atomic mass is 9.84. The monoisotopic (exact) mass is 314 g/mol. The van der Waals surface area contributed by atoms with Crippen LogP contribution in [0.2, 0.25) is 0 Å². The number of rotatable bonds is 6. The number of benzene rings is 3. The van der Waals surface area contributed by atoms with Gasteiger partial charge in [-0.15, -0.1) is 0 Å². The average Bonchev–Trinajstić information content (AvgIpc) is 2.64. The minimum absolute atomic E-state index is 0.472. The molecule has 24 heavy (non-hydrogen) atoms. The van der Waals surface area contributed by atoms with Gasteiger partial charge in [0.15, 0.2) is 0 Å². The molecule has 0 bridgehead atoms. The molecule has 0 aliphatic carbocycles. The van der Waals surface area contributed by atoms with E-state index in [1.54, 1.807) is 0 Å². The van der Waals surface area contributed by atoms with Crippen LogP contribution in [0.15, 0.2) is 84.9 Å². The van der Waals surface area contributed by atoms with Crippen LogP contribution in [0, 0.1) is 6.92 Å². The van der Waals surface area contributed by atoms with Crippen molar-refractivity contribution in [3.05, 3.63) is 107 Å². The maximum atomic E-state index is 2.34. The summed E-state index contributed by atoms with van der Waals surface area (Å²) in [5.41, 5.74) is 5.61. The lowest BCUT2D eigenvalue weighted by Crippen LogP contribution is -2.04. The molecule has 3 aromatic rings. The quantitative estimate of drug-likeness (QED) is 0.474. The second kappa shape index (κ2) is 7.97. The highest BCUT2D eigenvalue weighted by Gasteiger charge is 2.16. The molecule has 0 radical (unpaired) electrons. The number of hydrogen-bond donors (Lipinski definition) is 0. The molecule has 0 heterocycles. The van der Waals surface area contributed by atoms with Crippen LogP contribution < -0.4 is 0 Å². The number of hydrogen-bond acceptors (Lipinski definition) is 0. The molecule has 0 nitrogen and oxygen atoms in total. The zero-order valence-electron chi connectivity index (χ0n) is 14.7. The van der Waals surface area contributed by atoms with E-state index < -0.39 is 0 Å². The van der Waals surface area contributed by atoms with Gasteiger partial charge in [-0.05, 0) is 42.4 Å². The van der Waals surface area contributed by atoms with Gasteiger partial charge in [-0.1, -0.05) is 97.4 Å². The second-order valence-electron chi connectivity index (χ2n) is 6.76. The fraction of sp³-hybridized carbons (Fsp3) is 0.250. The first-order valence-electron chi connectivity index (χ1n) is 8.90. The van der Waals surface area contributed by atoms with Crippen LogP contribution in [0.4, 0.5) is 0 Å². The molecule has 0 aliphatic rings. The molecular formula is C24H26. The highest BCUT2D eigenvalue weighted by atomic mass is 14.2. The van der Waals surface area contributed by atoms with Gasteiger partial charge >= 0.3 is 0 Å². The van der Waals surface area contributed by atoms with Gasteiger partial charge in [-0.3, -0.25) is 0 Å². The topological polar surface area (TPSA) is 0 Å². The maximum absolute atomic E-state index is 2.34. The molecular weight excluding hydrogens is 288 g/mol. The van der Waals surface area contributed by atoms with E-state index in [0.717, 1.165) is 0 Å². The Balaban J connectivity index is 1.76. The Hall–Kier alpha value is -2.34. The van der Waals surface area contributed by atoms with Gasteiger partial charge in [-0.2, -0.15) is 0 Å². The fourth-order valence-corrected chi connectivity index (χ4v) is 3.37. The largest absolute Gasteiger partial charge is 0.0622 e. The summed E-state index contributed by atoms with van der Waals surface area (Å²) in [5, 5.41) is 0. The second-order valence-corrected chi connectivity index (χ2v) is 6.76. The molecule has 1 unspecified atom stereocenters. The smallest absolute Gasteiger partial charge is 0.00895 e. The molecule has 3 rings (SSSR count). The lowest BCUT2D eigenvalue weighted by Gasteiger charge is -2.21. The van der Waals surface area contributed by atoms with Crippen LogP contribution in [-0.2, 0) is 0 Å². The van der Waals surface area contributed by atoms with E-state index in [9.17, 15) is 0 Å². The molecule has 0 aliphatic heterocycles. The first-order valence-corrected chi connectivity index (χ1v) is 8.90. The van der Waals surface area contributed by atoms with Crippen molar-refractivity contribution in [1.29, 1.82) is 0 Å². The minimum atomic E-state index is 0.472. The van der Waals surface area contributed by atoms with Crippen molar-refractivity contribution >= 4 is 0 Å². The normalized spacial score (nSPS) is 12.3. The standard InChI is InChI=1S/C24H26/c1-19-13-16-21(17-14-19)20(2)15-18-24(22-9-5-3-6-10-22)23-11-7-4-8-12-23/h3-14,16-17,20,24H,15,18H2,1-2H3. The molecule has 0 amide bonds. The Morgan fingerprint density at radius 3 is 1.58 bits per heavy atom. The van der Waals surface area contributed by atoms with Crippen molar-refractivity contribution < 1.29 is 0 Å². The van der Waals surface area contributed by atoms with Crippen LogP contribution in [0.5, 0.6) is 0 Å². The third-order valence-electron chi connectivity index (χ3n) is 4.94. The van der Waals surface area contributed by atoms with Gasteiger partial charge in [-0.25, -0.2) is 0 Å². The van der Waals surface area contributed by atoms with Gasteiger partial charge < -0.3 is 0 Å². The van der Waals surface area contributed by atoms with Crippen LogP contribution in [-0.4, -0.2) is 0 Å². The Morgan fingerprint density at radius 1 is 0.583 bits per heavy atom. The molecule has 0 aromatic heterocycles. The summed E-state index contributed by atoms with van der Waals surface area (Å²) < 4.78 is 0. The summed E-state index contributed by atoms with van der Waals surface area (Å²) in [6.07, 6.45) is 2.36. The summed E-state index contributed by atoms with van der Waals surface area (Å²) in [7, 11) is 0. The van der Waals surface area contributed by atoms with E-state index in [-0.39, 0.29) is 0 Å². The van der Waals surface area contributed by atoms with Gasteiger partial charge in [0.05, 0.1) is 0 Å².